The van der Waals surface area contributed by atoms with Gasteiger partial charge in [-0.05, 0) is 50.5 Å². The summed E-state index contributed by atoms with van der Waals surface area (Å²) in [4.78, 5) is 9.07. The fourth-order valence-corrected chi connectivity index (χ4v) is 3.92. The third kappa shape index (κ3) is 3.88. The molecule has 6 nitrogen and oxygen atoms in total. The first-order valence-corrected chi connectivity index (χ1v) is 9.87. The van der Waals surface area contributed by atoms with Crippen LogP contribution >= 0.6 is 11.6 Å². The summed E-state index contributed by atoms with van der Waals surface area (Å²) < 4.78 is 7.44. The average molecular weight is 398 g/mol. The van der Waals surface area contributed by atoms with Crippen molar-refractivity contribution in [3.05, 3.63) is 64.7 Å². The molecule has 1 fully saturated rings. The first kappa shape index (κ1) is 18.9. The molecule has 0 spiro atoms. The predicted octanol–water partition coefficient (Wildman–Crippen LogP) is 4.09. The minimum atomic E-state index is -0.0152. The van der Waals surface area contributed by atoms with E-state index in [1.54, 1.807) is 12.4 Å². The Morgan fingerprint density at radius 3 is 2.57 bits per heavy atom. The lowest BCUT2D eigenvalue weighted by Gasteiger charge is -2.38. The second-order valence-corrected chi connectivity index (χ2v) is 7.79. The number of aromatic nitrogens is 4. The van der Waals surface area contributed by atoms with Crippen molar-refractivity contribution in [1.29, 1.82) is 0 Å². The van der Waals surface area contributed by atoms with Gasteiger partial charge >= 0.3 is 0 Å². The molecule has 0 bridgehead atoms. The zero-order valence-electron chi connectivity index (χ0n) is 16.2. The summed E-state index contributed by atoms with van der Waals surface area (Å²) in [5.74, 6) is 1.45. The van der Waals surface area contributed by atoms with Gasteiger partial charge in [-0.2, -0.15) is 5.10 Å². The van der Waals surface area contributed by atoms with E-state index in [0.29, 0.717) is 5.82 Å². The Hall–Kier alpha value is -2.44. The van der Waals surface area contributed by atoms with E-state index in [1.807, 2.05) is 36.7 Å². The molecule has 1 saturated heterocycles. The van der Waals surface area contributed by atoms with Gasteiger partial charge in [0, 0.05) is 35.9 Å². The molecule has 146 valence electrons. The van der Waals surface area contributed by atoms with E-state index in [9.17, 15) is 0 Å². The lowest BCUT2D eigenvalue weighted by atomic mass is 9.74. The molecular weight excluding hydrogens is 374 g/mol. The second-order valence-electron chi connectivity index (χ2n) is 7.35. The van der Waals surface area contributed by atoms with Gasteiger partial charge in [0.05, 0.1) is 18.1 Å². The molecule has 1 aliphatic heterocycles. The maximum absolute atomic E-state index is 6.09. The number of hydrogen-bond acceptors (Lipinski definition) is 5. The van der Waals surface area contributed by atoms with Crippen LogP contribution in [0.3, 0.4) is 0 Å². The first-order valence-electron chi connectivity index (χ1n) is 9.49. The lowest BCUT2D eigenvalue weighted by Crippen LogP contribution is -2.40. The Kier molecular flexibility index (Phi) is 5.33. The van der Waals surface area contributed by atoms with Crippen LogP contribution in [0.15, 0.2) is 42.7 Å². The van der Waals surface area contributed by atoms with Crippen molar-refractivity contribution in [2.75, 3.05) is 25.1 Å². The van der Waals surface area contributed by atoms with E-state index >= 15 is 0 Å². The Morgan fingerprint density at radius 2 is 1.89 bits per heavy atom. The number of hydrogen-bond donors (Lipinski definition) is 1. The summed E-state index contributed by atoms with van der Waals surface area (Å²) >= 11 is 6.09. The first-order chi connectivity index (χ1) is 13.6. The molecule has 7 heteroatoms. The molecule has 1 aromatic carbocycles. The van der Waals surface area contributed by atoms with E-state index in [1.165, 1.54) is 5.56 Å². The zero-order valence-corrected chi connectivity index (χ0v) is 16.9. The maximum Gasteiger partial charge on any atom is 0.174 e. The molecule has 3 aromatic rings. The second kappa shape index (κ2) is 7.89. The van der Waals surface area contributed by atoms with Gasteiger partial charge < -0.3 is 10.1 Å². The molecule has 4 rings (SSSR count). The fourth-order valence-electron chi connectivity index (χ4n) is 3.80. The van der Waals surface area contributed by atoms with Crippen LogP contribution in [0.5, 0.6) is 0 Å². The molecule has 0 unspecified atom stereocenters. The van der Waals surface area contributed by atoms with Crippen LogP contribution in [-0.2, 0) is 10.2 Å². The number of ether oxygens (including phenoxy) is 1. The van der Waals surface area contributed by atoms with Crippen molar-refractivity contribution in [1.82, 2.24) is 19.7 Å². The van der Waals surface area contributed by atoms with Crippen LogP contribution in [-0.4, -0.2) is 39.5 Å². The van der Waals surface area contributed by atoms with E-state index < -0.39 is 0 Å². The van der Waals surface area contributed by atoms with Crippen LogP contribution in [0.25, 0.3) is 5.82 Å². The Labute approximate surface area is 169 Å². The van der Waals surface area contributed by atoms with Gasteiger partial charge in [0.2, 0.25) is 0 Å². The molecule has 3 heterocycles. The van der Waals surface area contributed by atoms with E-state index in [-0.39, 0.29) is 5.41 Å². The number of halogens is 1. The SMILES string of the molecule is Cc1cc(C)n(-c2cncc(NCC3(c4ccc(Cl)cc4)CCOCC3)n2)n1. The van der Waals surface area contributed by atoms with Crippen LogP contribution in [0, 0.1) is 13.8 Å². The molecule has 1 N–H and O–H groups in total. The Morgan fingerprint density at radius 1 is 1.14 bits per heavy atom. The summed E-state index contributed by atoms with van der Waals surface area (Å²) in [6, 6.07) is 10.2. The van der Waals surface area contributed by atoms with Crippen LogP contribution < -0.4 is 5.32 Å². The predicted molar refractivity (Wildman–Crippen MR) is 110 cm³/mol. The molecule has 28 heavy (non-hydrogen) atoms. The minimum absolute atomic E-state index is 0.0152. The van der Waals surface area contributed by atoms with Gasteiger partial charge in [0.1, 0.15) is 5.82 Å². The van der Waals surface area contributed by atoms with Gasteiger partial charge in [-0.25, -0.2) is 9.67 Å². The van der Waals surface area contributed by atoms with Crippen molar-refractivity contribution in [3.63, 3.8) is 0 Å². The molecule has 1 aliphatic rings. The van der Waals surface area contributed by atoms with Crippen molar-refractivity contribution in [3.8, 4) is 5.82 Å². The summed E-state index contributed by atoms with van der Waals surface area (Å²) in [6.45, 7) is 6.25. The van der Waals surface area contributed by atoms with Gasteiger partial charge in [0.25, 0.3) is 0 Å². The highest BCUT2D eigenvalue weighted by Gasteiger charge is 2.34. The smallest absolute Gasteiger partial charge is 0.174 e. The number of benzene rings is 1. The highest BCUT2D eigenvalue weighted by Crippen LogP contribution is 2.35. The third-order valence-corrected chi connectivity index (χ3v) is 5.61. The minimum Gasteiger partial charge on any atom is -0.381 e. The fraction of sp³-hybridized carbons (Fsp3) is 0.381. The van der Waals surface area contributed by atoms with Crippen molar-refractivity contribution < 1.29 is 4.74 Å². The zero-order chi connectivity index (χ0) is 19.6. The van der Waals surface area contributed by atoms with Gasteiger partial charge in [-0.3, -0.25) is 4.98 Å². The molecule has 0 amide bonds. The number of anilines is 1. The molecule has 0 atom stereocenters. The quantitative estimate of drug-likeness (QED) is 0.702. The van der Waals surface area contributed by atoms with E-state index in [2.05, 4.69) is 27.5 Å². The van der Waals surface area contributed by atoms with Crippen LogP contribution in [0.2, 0.25) is 5.02 Å². The summed E-state index contributed by atoms with van der Waals surface area (Å²) in [6.07, 6.45) is 5.39. The third-order valence-electron chi connectivity index (χ3n) is 5.36. The highest BCUT2D eigenvalue weighted by molar-refractivity contribution is 6.30. The monoisotopic (exact) mass is 397 g/mol. The number of aryl methyl sites for hydroxylation is 2. The maximum atomic E-state index is 6.09. The average Bonchev–Trinajstić information content (AvgIpc) is 3.06. The molecule has 0 aliphatic carbocycles. The number of nitrogens with zero attached hydrogens (tertiary/aromatic N) is 4. The van der Waals surface area contributed by atoms with Crippen LogP contribution in [0.4, 0.5) is 5.82 Å². The largest absolute Gasteiger partial charge is 0.381 e. The Balaban J connectivity index is 1.57. The molecule has 0 saturated carbocycles. The van der Waals surface area contributed by atoms with Crippen molar-refractivity contribution >= 4 is 17.4 Å². The molecule has 2 aromatic heterocycles. The summed E-state index contributed by atoms with van der Waals surface area (Å²) in [5, 5.41) is 8.75. The topological polar surface area (TPSA) is 64.9 Å². The molecule has 0 radical (unpaired) electrons. The molecular formula is C21H24ClN5O. The van der Waals surface area contributed by atoms with Crippen LogP contribution in [0.1, 0.15) is 29.8 Å². The van der Waals surface area contributed by atoms with Crippen molar-refractivity contribution in [2.24, 2.45) is 0 Å². The highest BCUT2D eigenvalue weighted by atomic mass is 35.5. The number of rotatable bonds is 5. The Bertz CT molecular complexity index is 948. The normalized spacial score (nSPS) is 16.1. The van der Waals surface area contributed by atoms with Gasteiger partial charge in [0.15, 0.2) is 5.82 Å². The summed E-state index contributed by atoms with van der Waals surface area (Å²) in [7, 11) is 0. The number of nitrogens with one attached hydrogen (secondary N) is 1. The van der Waals surface area contributed by atoms with E-state index in [0.717, 1.165) is 54.8 Å². The standard InChI is InChI=1S/C21H24ClN5O/c1-15-11-16(2)27(26-15)20-13-23-12-19(25-20)24-14-21(7-9-28-10-8-21)17-3-5-18(22)6-4-17/h3-6,11-13H,7-10,14H2,1-2H3,(H,24,25). The van der Waals surface area contributed by atoms with Gasteiger partial charge in [-0.15, -0.1) is 0 Å². The van der Waals surface area contributed by atoms with E-state index in [4.69, 9.17) is 21.3 Å². The van der Waals surface area contributed by atoms with Crippen molar-refractivity contribution in [2.45, 2.75) is 32.1 Å². The lowest BCUT2D eigenvalue weighted by molar-refractivity contribution is 0.0543. The van der Waals surface area contributed by atoms with Gasteiger partial charge in [-0.1, -0.05) is 23.7 Å². The summed E-state index contributed by atoms with van der Waals surface area (Å²) in [5.41, 5.74) is 3.25.